The van der Waals surface area contributed by atoms with E-state index in [9.17, 15) is 0 Å². The van der Waals surface area contributed by atoms with E-state index in [4.69, 9.17) is 4.74 Å². The van der Waals surface area contributed by atoms with Crippen molar-refractivity contribution in [3.8, 4) is 5.75 Å². The molecule has 0 spiro atoms. The number of hydrogen-bond donors (Lipinski definition) is 0. The van der Waals surface area contributed by atoms with Crippen LogP contribution < -0.4 is 4.74 Å². The van der Waals surface area contributed by atoms with E-state index in [2.05, 4.69) is 26.0 Å². The van der Waals surface area contributed by atoms with E-state index in [0.717, 1.165) is 22.5 Å². The van der Waals surface area contributed by atoms with Gasteiger partial charge in [0.05, 0.1) is 27.2 Å². The molecule has 0 bridgehead atoms. The average Bonchev–Trinajstić information content (AvgIpc) is 2.45. The lowest BCUT2D eigenvalue weighted by atomic mass is 10.1. The van der Waals surface area contributed by atoms with Gasteiger partial charge in [-0.25, -0.2) is 0 Å². The molecule has 0 saturated heterocycles. The quantitative estimate of drug-likeness (QED) is 0.445. The van der Waals surface area contributed by atoms with Crippen molar-refractivity contribution in [3.05, 3.63) is 24.0 Å². The highest BCUT2D eigenvalue weighted by Crippen LogP contribution is 2.20. The number of hydrogen-bond acceptors (Lipinski definition) is 2. The van der Waals surface area contributed by atoms with Crippen LogP contribution in [-0.2, 0) is 6.54 Å². The van der Waals surface area contributed by atoms with Gasteiger partial charge in [-0.05, 0) is 31.9 Å². The Hall–Kier alpha value is -1.09. The van der Waals surface area contributed by atoms with E-state index in [1.54, 1.807) is 0 Å². The fraction of sp³-hybridized carbons (Fsp3) is 0.722. The Morgan fingerprint density at radius 2 is 1.76 bits per heavy atom. The minimum Gasteiger partial charge on any atom is -0.492 e. The van der Waals surface area contributed by atoms with Gasteiger partial charge in [-0.2, -0.15) is 0 Å². The van der Waals surface area contributed by atoms with Gasteiger partial charge in [-0.1, -0.05) is 32.6 Å². The van der Waals surface area contributed by atoms with Crippen LogP contribution in [0.5, 0.6) is 5.75 Å². The van der Waals surface area contributed by atoms with Crippen molar-refractivity contribution < 1.29 is 9.22 Å². The Kier molecular flexibility index (Phi) is 8.36. The third kappa shape index (κ3) is 7.47. The maximum atomic E-state index is 5.68. The van der Waals surface area contributed by atoms with Crippen LogP contribution in [0.2, 0.25) is 0 Å². The van der Waals surface area contributed by atoms with Crippen molar-refractivity contribution in [2.75, 3.05) is 27.2 Å². The second-order valence-electron chi connectivity index (χ2n) is 6.47. The molecule has 0 fully saturated rings. The van der Waals surface area contributed by atoms with Gasteiger partial charge in [-0.3, -0.25) is 4.98 Å². The SMILES string of the molecule is CCCCCCCC[N+](C)(C)Cc1ncccc1OCC. The summed E-state index contributed by atoms with van der Waals surface area (Å²) in [6.45, 7) is 7.12. The van der Waals surface area contributed by atoms with Crippen LogP contribution in [0.3, 0.4) is 0 Å². The number of unbranched alkanes of at least 4 members (excludes halogenated alkanes) is 5. The Balaban J connectivity index is 2.41. The predicted octanol–water partition coefficient (Wildman–Crippen LogP) is 4.42. The lowest BCUT2D eigenvalue weighted by molar-refractivity contribution is -0.904. The van der Waals surface area contributed by atoms with Crippen molar-refractivity contribution in [2.24, 2.45) is 0 Å². The average molecular weight is 293 g/mol. The van der Waals surface area contributed by atoms with Gasteiger partial charge in [0.15, 0.2) is 0 Å². The molecule has 0 aliphatic heterocycles. The Bertz CT molecular complexity index is 391. The molecule has 0 N–H and O–H groups in total. The van der Waals surface area contributed by atoms with Crippen LogP contribution in [0.1, 0.15) is 58.1 Å². The second kappa shape index (κ2) is 9.78. The molecule has 3 heteroatoms. The van der Waals surface area contributed by atoms with Crippen LogP contribution >= 0.6 is 0 Å². The normalized spacial score (nSPS) is 11.6. The summed E-state index contributed by atoms with van der Waals surface area (Å²) >= 11 is 0. The van der Waals surface area contributed by atoms with E-state index >= 15 is 0 Å². The summed E-state index contributed by atoms with van der Waals surface area (Å²) in [5, 5.41) is 0. The lowest BCUT2D eigenvalue weighted by Gasteiger charge is -2.30. The minimum atomic E-state index is 0.698. The summed E-state index contributed by atoms with van der Waals surface area (Å²) in [5.74, 6) is 0.939. The van der Waals surface area contributed by atoms with Crippen molar-refractivity contribution >= 4 is 0 Å². The van der Waals surface area contributed by atoms with Crippen molar-refractivity contribution in [1.82, 2.24) is 4.98 Å². The summed E-state index contributed by atoms with van der Waals surface area (Å²) in [6.07, 6.45) is 9.98. The molecule has 0 saturated carbocycles. The van der Waals surface area contributed by atoms with E-state index in [0.29, 0.717) is 6.61 Å². The van der Waals surface area contributed by atoms with Gasteiger partial charge in [-0.15, -0.1) is 0 Å². The Morgan fingerprint density at radius 3 is 2.48 bits per heavy atom. The lowest BCUT2D eigenvalue weighted by Crippen LogP contribution is -2.40. The zero-order valence-electron chi connectivity index (χ0n) is 14.4. The number of ether oxygens (including phenoxy) is 1. The molecule has 1 aromatic heterocycles. The van der Waals surface area contributed by atoms with Gasteiger partial charge < -0.3 is 9.22 Å². The fourth-order valence-corrected chi connectivity index (χ4v) is 2.63. The molecular formula is C18H33N2O+. The number of quaternary nitrogens is 1. The highest BCUT2D eigenvalue weighted by Gasteiger charge is 2.19. The van der Waals surface area contributed by atoms with E-state index < -0.39 is 0 Å². The molecular weight excluding hydrogens is 260 g/mol. The molecule has 0 atom stereocenters. The predicted molar refractivity (Wildman–Crippen MR) is 89.5 cm³/mol. The zero-order chi connectivity index (χ0) is 15.6. The van der Waals surface area contributed by atoms with Gasteiger partial charge in [0.25, 0.3) is 0 Å². The molecule has 0 aliphatic rings. The Morgan fingerprint density at radius 1 is 1.05 bits per heavy atom. The first-order valence-corrected chi connectivity index (χ1v) is 8.47. The van der Waals surface area contributed by atoms with E-state index in [1.807, 2.05) is 25.3 Å². The fourth-order valence-electron chi connectivity index (χ4n) is 2.63. The zero-order valence-corrected chi connectivity index (χ0v) is 14.4. The van der Waals surface area contributed by atoms with E-state index in [1.165, 1.54) is 45.1 Å². The van der Waals surface area contributed by atoms with Gasteiger partial charge in [0.1, 0.15) is 18.0 Å². The molecule has 120 valence electrons. The number of pyridine rings is 1. The standard InChI is InChI=1S/C18H33N2O/c1-5-7-8-9-10-11-15-20(3,4)16-17-18(21-6-2)13-12-14-19-17/h12-14H,5-11,15-16H2,1-4H3/q+1. The highest BCUT2D eigenvalue weighted by molar-refractivity contribution is 5.26. The van der Waals surface area contributed by atoms with E-state index in [-0.39, 0.29) is 0 Å². The third-order valence-electron chi connectivity index (χ3n) is 3.84. The van der Waals surface area contributed by atoms with Crippen LogP contribution in [0.25, 0.3) is 0 Å². The maximum Gasteiger partial charge on any atom is 0.146 e. The Labute approximate surface area is 130 Å². The van der Waals surface area contributed by atoms with Gasteiger partial charge in [0.2, 0.25) is 0 Å². The molecule has 0 aliphatic carbocycles. The summed E-state index contributed by atoms with van der Waals surface area (Å²) in [6, 6.07) is 3.97. The van der Waals surface area contributed by atoms with Crippen LogP contribution in [0.15, 0.2) is 18.3 Å². The second-order valence-corrected chi connectivity index (χ2v) is 6.47. The summed E-state index contributed by atoms with van der Waals surface area (Å²) < 4.78 is 6.66. The molecule has 0 unspecified atom stereocenters. The van der Waals surface area contributed by atoms with Crippen LogP contribution in [-0.4, -0.2) is 36.7 Å². The first-order valence-electron chi connectivity index (χ1n) is 8.47. The summed E-state index contributed by atoms with van der Waals surface area (Å²) in [4.78, 5) is 4.51. The summed E-state index contributed by atoms with van der Waals surface area (Å²) in [7, 11) is 4.58. The molecule has 21 heavy (non-hydrogen) atoms. The van der Waals surface area contributed by atoms with Gasteiger partial charge in [0, 0.05) is 6.20 Å². The monoisotopic (exact) mass is 293 g/mol. The third-order valence-corrected chi connectivity index (χ3v) is 3.84. The summed E-state index contributed by atoms with van der Waals surface area (Å²) in [5.41, 5.74) is 1.08. The highest BCUT2D eigenvalue weighted by atomic mass is 16.5. The minimum absolute atomic E-state index is 0.698. The molecule has 1 rings (SSSR count). The number of aromatic nitrogens is 1. The smallest absolute Gasteiger partial charge is 0.146 e. The number of nitrogens with zero attached hydrogens (tertiary/aromatic N) is 2. The topological polar surface area (TPSA) is 22.1 Å². The van der Waals surface area contributed by atoms with Gasteiger partial charge >= 0.3 is 0 Å². The van der Waals surface area contributed by atoms with Crippen molar-refractivity contribution in [1.29, 1.82) is 0 Å². The molecule has 3 nitrogen and oxygen atoms in total. The largest absolute Gasteiger partial charge is 0.492 e. The molecule has 0 amide bonds. The molecule has 1 heterocycles. The van der Waals surface area contributed by atoms with Crippen molar-refractivity contribution in [3.63, 3.8) is 0 Å². The number of rotatable bonds is 11. The van der Waals surface area contributed by atoms with Crippen LogP contribution in [0, 0.1) is 0 Å². The van der Waals surface area contributed by atoms with Crippen molar-refractivity contribution in [2.45, 2.75) is 58.9 Å². The molecule has 1 aromatic rings. The maximum absolute atomic E-state index is 5.68. The first-order chi connectivity index (χ1) is 10.1. The first kappa shape index (κ1) is 18.0. The molecule has 0 aromatic carbocycles. The van der Waals surface area contributed by atoms with Crippen LogP contribution in [0.4, 0.5) is 0 Å². The molecule has 0 radical (unpaired) electrons.